The van der Waals surface area contributed by atoms with Gasteiger partial charge in [-0.1, -0.05) is 13.0 Å². The van der Waals surface area contributed by atoms with E-state index in [1.54, 1.807) is 43.5 Å². The van der Waals surface area contributed by atoms with Crippen LogP contribution in [-0.4, -0.2) is 32.0 Å². The molecule has 0 aliphatic rings. The number of hydrogen-bond donors (Lipinski definition) is 3. The molecule has 132 valence electrons. The van der Waals surface area contributed by atoms with E-state index >= 15 is 0 Å². The summed E-state index contributed by atoms with van der Waals surface area (Å²) in [4.78, 5) is 23.8. The summed E-state index contributed by atoms with van der Waals surface area (Å²) >= 11 is 0. The quantitative estimate of drug-likeness (QED) is 0.690. The summed E-state index contributed by atoms with van der Waals surface area (Å²) in [6, 6.07) is 14.2. The monoisotopic (exact) mass is 341 g/mol. The second-order valence-electron chi connectivity index (χ2n) is 5.47. The molecule has 0 saturated carbocycles. The maximum absolute atomic E-state index is 12.0. The van der Waals surface area contributed by atoms with Crippen molar-refractivity contribution in [3.05, 3.63) is 54.1 Å². The third-order valence-corrected chi connectivity index (χ3v) is 3.49. The Bertz CT molecular complexity index is 714. The minimum Gasteiger partial charge on any atom is -0.497 e. The Morgan fingerprint density at radius 2 is 1.80 bits per heavy atom. The lowest BCUT2D eigenvalue weighted by Crippen LogP contribution is -2.24. The molecule has 0 aliphatic heterocycles. The summed E-state index contributed by atoms with van der Waals surface area (Å²) in [5.74, 6) is 0.421. The molecule has 0 saturated heterocycles. The molecular formula is C19H23N3O3. The maximum Gasteiger partial charge on any atom is 0.251 e. The largest absolute Gasteiger partial charge is 0.497 e. The molecule has 0 aliphatic carbocycles. The summed E-state index contributed by atoms with van der Waals surface area (Å²) < 4.78 is 5.12. The molecule has 0 atom stereocenters. The van der Waals surface area contributed by atoms with Gasteiger partial charge < -0.3 is 20.7 Å². The number of rotatable bonds is 8. The van der Waals surface area contributed by atoms with Gasteiger partial charge in [-0.05, 0) is 42.8 Å². The van der Waals surface area contributed by atoms with Crippen LogP contribution in [0.25, 0.3) is 0 Å². The minimum atomic E-state index is -0.169. The van der Waals surface area contributed by atoms with Crippen molar-refractivity contribution in [2.45, 2.75) is 13.3 Å². The van der Waals surface area contributed by atoms with Crippen molar-refractivity contribution < 1.29 is 14.3 Å². The fourth-order valence-electron chi connectivity index (χ4n) is 2.17. The zero-order valence-corrected chi connectivity index (χ0v) is 14.5. The van der Waals surface area contributed by atoms with Gasteiger partial charge >= 0.3 is 0 Å². The Hall–Kier alpha value is -3.02. The van der Waals surface area contributed by atoms with Gasteiger partial charge in [0.1, 0.15) is 5.75 Å². The minimum absolute atomic E-state index is 0.0934. The highest BCUT2D eigenvalue weighted by atomic mass is 16.5. The molecule has 2 aromatic rings. The lowest BCUT2D eigenvalue weighted by molar-refractivity contribution is -0.114. The highest BCUT2D eigenvalue weighted by Crippen LogP contribution is 2.16. The molecule has 0 aromatic heterocycles. The van der Waals surface area contributed by atoms with Crippen molar-refractivity contribution >= 4 is 23.2 Å². The molecule has 6 heteroatoms. The number of methoxy groups -OCH3 is 1. The summed E-state index contributed by atoms with van der Waals surface area (Å²) in [6.07, 6.45) is 0.897. The van der Waals surface area contributed by atoms with Crippen molar-refractivity contribution in [1.29, 1.82) is 0 Å². The van der Waals surface area contributed by atoms with Crippen LogP contribution in [0.4, 0.5) is 11.4 Å². The standard InChI is InChI=1S/C19H23N3O3/c1-3-11-20-19(24)14-7-9-15(10-8-14)21-13-18(23)22-16-5-4-6-17(12-16)25-2/h4-10,12,21H,3,11,13H2,1-2H3,(H,20,24)(H,22,23). The summed E-state index contributed by atoms with van der Waals surface area (Å²) in [7, 11) is 1.58. The molecule has 2 rings (SSSR count). The average molecular weight is 341 g/mol. The molecule has 0 bridgehead atoms. The topological polar surface area (TPSA) is 79.5 Å². The van der Waals surface area contributed by atoms with E-state index in [0.29, 0.717) is 23.5 Å². The number of anilines is 2. The van der Waals surface area contributed by atoms with E-state index in [0.717, 1.165) is 12.1 Å². The van der Waals surface area contributed by atoms with Crippen molar-refractivity contribution in [2.75, 3.05) is 30.8 Å². The molecule has 25 heavy (non-hydrogen) atoms. The average Bonchev–Trinajstić information content (AvgIpc) is 2.65. The number of nitrogens with one attached hydrogen (secondary N) is 3. The predicted octanol–water partition coefficient (Wildman–Crippen LogP) is 2.89. The molecule has 0 fully saturated rings. The third kappa shape index (κ3) is 5.84. The van der Waals surface area contributed by atoms with Crippen molar-refractivity contribution in [1.82, 2.24) is 5.32 Å². The van der Waals surface area contributed by atoms with Gasteiger partial charge in [0.15, 0.2) is 0 Å². The Labute approximate surface area is 147 Å². The van der Waals surface area contributed by atoms with Gasteiger partial charge in [-0.25, -0.2) is 0 Å². The van der Waals surface area contributed by atoms with Crippen LogP contribution in [0.2, 0.25) is 0 Å². The zero-order valence-electron chi connectivity index (χ0n) is 14.5. The van der Waals surface area contributed by atoms with Crippen molar-refractivity contribution in [3.8, 4) is 5.75 Å². The zero-order chi connectivity index (χ0) is 18.1. The normalized spacial score (nSPS) is 10.0. The smallest absolute Gasteiger partial charge is 0.251 e. The Morgan fingerprint density at radius 1 is 1.04 bits per heavy atom. The summed E-state index contributed by atoms with van der Waals surface area (Å²) in [5.41, 5.74) is 2.04. The Morgan fingerprint density at radius 3 is 2.48 bits per heavy atom. The van der Waals surface area contributed by atoms with Crippen molar-refractivity contribution in [2.24, 2.45) is 0 Å². The van der Waals surface area contributed by atoms with Crippen LogP contribution in [0.1, 0.15) is 23.7 Å². The number of ether oxygens (including phenoxy) is 1. The van der Waals surface area contributed by atoms with Crippen LogP contribution < -0.4 is 20.7 Å². The molecule has 2 amide bonds. The molecular weight excluding hydrogens is 318 g/mol. The van der Waals surface area contributed by atoms with Crippen molar-refractivity contribution in [3.63, 3.8) is 0 Å². The number of benzene rings is 2. The molecule has 6 nitrogen and oxygen atoms in total. The fourth-order valence-corrected chi connectivity index (χ4v) is 2.17. The number of amides is 2. The number of hydrogen-bond acceptors (Lipinski definition) is 4. The fraction of sp³-hybridized carbons (Fsp3) is 0.263. The van der Waals surface area contributed by atoms with Crippen LogP contribution in [0.3, 0.4) is 0 Å². The van der Waals surface area contributed by atoms with Gasteiger partial charge in [0.2, 0.25) is 5.91 Å². The van der Waals surface area contributed by atoms with Gasteiger partial charge in [0.05, 0.1) is 13.7 Å². The highest BCUT2D eigenvalue weighted by Gasteiger charge is 2.06. The third-order valence-electron chi connectivity index (χ3n) is 3.49. The first-order valence-corrected chi connectivity index (χ1v) is 8.18. The lowest BCUT2D eigenvalue weighted by atomic mass is 10.2. The van der Waals surface area contributed by atoms with Crippen LogP contribution in [0.5, 0.6) is 5.75 Å². The molecule has 0 spiro atoms. The van der Waals surface area contributed by atoms with Gasteiger partial charge in [-0.2, -0.15) is 0 Å². The van der Waals surface area contributed by atoms with Gasteiger partial charge in [-0.15, -0.1) is 0 Å². The summed E-state index contributed by atoms with van der Waals surface area (Å²) in [5, 5.41) is 8.64. The molecule has 0 unspecified atom stereocenters. The van der Waals surface area contributed by atoms with E-state index in [2.05, 4.69) is 16.0 Å². The van der Waals surface area contributed by atoms with E-state index in [1.807, 2.05) is 19.1 Å². The van der Waals surface area contributed by atoms with Gasteiger partial charge in [0.25, 0.3) is 5.91 Å². The highest BCUT2D eigenvalue weighted by molar-refractivity contribution is 5.95. The Kier molecular flexibility index (Phi) is 6.83. The van der Waals surface area contributed by atoms with Gasteiger partial charge in [0, 0.05) is 29.5 Å². The predicted molar refractivity (Wildman–Crippen MR) is 99.2 cm³/mol. The lowest BCUT2D eigenvalue weighted by Gasteiger charge is -2.09. The van der Waals surface area contributed by atoms with E-state index in [1.165, 1.54) is 0 Å². The first-order chi connectivity index (χ1) is 12.1. The second kappa shape index (κ2) is 9.32. The number of carbonyl (C=O) groups excluding carboxylic acids is 2. The summed E-state index contributed by atoms with van der Waals surface area (Å²) in [6.45, 7) is 2.78. The van der Waals surface area contributed by atoms with Crippen LogP contribution in [-0.2, 0) is 4.79 Å². The number of carbonyl (C=O) groups is 2. The maximum atomic E-state index is 12.0. The van der Waals surface area contributed by atoms with Crippen LogP contribution in [0, 0.1) is 0 Å². The first-order valence-electron chi connectivity index (χ1n) is 8.18. The second-order valence-corrected chi connectivity index (χ2v) is 5.47. The SMILES string of the molecule is CCCNC(=O)c1ccc(NCC(=O)Nc2cccc(OC)c2)cc1. The Balaban J connectivity index is 1.84. The van der Waals surface area contributed by atoms with Gasteiger partial charge in [-0.3, -0.25) is 9.59 Å². The molecule has 0 radical (unpaired) electrons. The van der Waals surface area contributed by atoms with E-state index in [4.69, 9.17) is 4.74 Å². The van der Waals surface area contributed by atoms with Crippen LogP contribution in [0.15, 0.2) is 48.5 Å². The molecule has 2 aromatic carbocycles. The van der Waals surface area contributed by atoms with Crippen LogP contribution >= 0.6 is 0 Å². The molecule has 0 heterocycles. The van der Waals surface area contributed by atoms with E-state index in [-0.39, 0.29) is 18.4 Å². The van der Waals surface area contributed by atoms with E-state index < -0.39 is 0 Å². The van der Waals surface area contributed by atoms with E-state index in [9.17, 15) is 9.59 Å². The molecule has 3 N–H and O–H groups in total. The first kappa shape index (κ1) is 18.3.